The highest BCUT2D eigenvalue weighted by Crippen LogP contribution is 2.25. The molecule has 1 heterocycles. The minimum atomic E-state index is -3.75. The molecular weight excluding hydrogens is 366 g/mol. The molecule has 3 rings (SSSR count). The summed E-state index contributed by atoms with van der Waals surface area (Å²) in [5, 5.41) is 11.0. The Hall–Kier alpha value is -2.29. The topological polar surface area (TPSA) is 85.0 Å². The molecule has 0 spiro atoms. The fourth-order valence-electron chi connectivity index (χ4n) is 3.54. The van der Waals surface area contributed by atoms with Gasteiger partial charge in [0.2, 0.25) is 10.0 Å². The van der Waals surface area contributed by atoms with Crippen LogP contribution in [-0.4, -0.2) is 43.8 Å². The number of piperazine rings is 1. The molecule has 1 saturated heterocycles. The number of benzene rings is 2. The van der Waals surface area contributed by atoms with E-state index in [0.717, 1.165) is 6.07 Å². The molecule has 1 N–H and O–H groups in total. The van der Waals surface area contributed by atoms with Crippen molar-refractivity contribution in [3.05, 3.63) is 69.8 Å². The lowest BCUT2D eigenvalue weighted by atomic mass is 10.1. The third-order valence-corrected chi connectivity index (χ3v) is 7.32. The van der Waals surface area contributed by atoms with E-state index < -0.39 is 14.9 Å². The van der Waals surface area contributed by atoms with E-state index in [1.807, 2.05) is 18.2 Å². The Balaban J connectivity index is 1.75. The van der Waals surface area contributed by atoms with Crippen LogP contribution in [0.3, 0.4) is 0 Å². The number of aryl methyl sites for hydroxylation is 1. The Labute approximate surface area is 159 Å². The monoisotopic (exact) mass is 390 g/mol. The molecule has 1 aliphatic rings. The zero-order chi connectivity index (χ0) is 19.6. The van der Waals surface area contributed by atoms with Crippen molar-refractivity contribution < 1.29 is 18.2 Å². The van der Waals surface area contributed by atoms with Gasteiger partial charge >= 0.3 is 0 Å². The number of hydrogen-bond donors (Lipinski definition) is 1. The number of hydrogen-bond acceptors (Lipinski definition) is 4. The molecule has 0 radical (unpaired) electrons. The fourth-order valence-corrected chi connectivity index (χ4v) is 5.23. The van der Waals surface area contributed by atoms with Crippen molar-refractivity contribution in [3.63, 3.8) is 0 Å². The second-order valence-electron chi connectivity index (χ2n) is 6.90. The first-order chi connectivity index (χ1) is 12.8. The molecular formula is C19H24N3O4S+. The number of nitro benzene ring substituents is 1. The third kappa shape index (κ3) is 4.02. The average molecular weight is 390 g/mol. The van der Waals surface area contributed by atoms with Crippen LogP contribution in [0.5, 0.6) is 0 Å². The average Bonchev–Trinajstić information content (AvgIpc) is 2.68. The van der Waals surface area contributed by atoms with Crippen molar-refractivity contribution in [2.45, 2.75) is 24.8 Å². The number of rotatable bonds is 5. The van der Waals surface area contributed by atoms with Crippen LogP contribution in [0.15, 0.2) is 53.4 Å². The van der Waals surface area contributed by atoms with Crippen molar-refractivity contribution in [2.75, 3.05) is 26.2 Å². The van der Waals surface area contributed by atoms with Crippen LogP contribution in [0.1, 0.15) is 24.1 Å². The van der Waals surface area contributed by atoms with E-state index in [0.29, 0.717) is 31.7 Å². The second kappa shape index (κ2) is 7.75. The third-order valence-electron chi connectivity index (χ3n) is 5.28. The summed E-state index contributed by atoms with van der Waals surface area (Å²) in [5.41, 5.74) is 1.55. The molecule has 7 nitrogen and oxygen atoms in total. The van der Waals surface area contributed by atoms with Crippen LogP contribution in [0.25, 0.3) is 0 Å². The summed E-state index contributed by atoms with van der Waals surface area (Å²) < 4.78 is 27.5. The van der Waals surface area contributed by atoms with Crippen molar-refractivity contribution in [3.8, 4) is 0 Å². The summed E-state index contributed by atoms with van der Waals surface area (Å²) in [7, 11) is -3.75. The molecule has 0 bridgehead atoms. The van der Waals surface area contributed by atoms with E-state index in [1.165, 1.54) is 26.9 Å². The summed E-state index contributed by atoms with van der Waals surface area (Å²) in [5.74, 6) is 0. The van der Waals surface area contributed by atoms with E-state index in [-0.39, 0.29) is 16.6 Å². The first kappa shape index (κ1) is 19.5. The first-order valence-electron chi connectivity index (χ1n) is 8.95. The van der Waals surface area contributed by atoms with Gasteiger partial charge in [-0.2, -0.15) is 4.31 Å². The highest BCUT2D eigenvalue weighted by atomic mass is 32.2. The summed E-state index contributed by atoms with van der Waals surface area (Å²) in [6.07, 6.45) is 0. The summed E-state index contributed by atoms with van der Waals surface area (Å²) in [6.45, 7) is 6.01. The summed E-state index contributed by atoms with van der Waals surface area (Å²) >= 11 is 0. The number of non-ortho nitro benzene ring substituents is 1. The lowest BCUT2D eigenvalue weighted by Gasteiger charge is -2.35. The van der Waals surface area contributed by atoms with E-state index in [2.05, 4.69) is 19.1 Å². The minimum absolute atomic E-state index is 0.0243. The van der Waals surface area contributed by atoms with Crippen molar-refractivity contribution in [2.24, 2.45) is 0 Å². The molecule has 1 fully saturated rings. The second-order valence-corrected chi connectivity index (χ2v) is 8.81. The molecule has 0 saturated carbocycles. The number of nitro groups is 1. The van der Waals surface area contributed by atoms with E-state index in [4.69, 9.17) is 0 Å². The molecule has 1 atom stereocenters. The van der Waals surface area contributed by atoms with E-state index in [1.54, 1.807) is 6.92 Å². The predicted molar refractivity (Wildman–Crippen MR) is 102 cm³/mol. The Morgan fingerprint density at radius 2 is 1.74 bits per heavy atom. The highest BCUT2D eigenvalue weighted by molar-refractivity contribution is 7.89. The van der Waals surface area contributed by atoms with Crippen molar-refractivity contribution in [1.29, 1.82) is 0 Å². The Morgan fingerprint density at radius 3 is 2.33 bits per heavy atom. The zero-order valence-corrected chi connectivity index (χ0v) is 16.3. The number of sulfonamides is 1. The number of nitrogens with zero attached hydrogens (tertiary/aromatic N) is 2. The van der Waals surface area contributed by atoms with Gasteiger partial charge in [-0.25, -0.2) is 8.42 Å². The minimum Gasteiger partial charge on any atom is -0.327 e. The van der Waals surface area contributed by atoms with Crippen LogP contribution < -0.4 is 4.90 Å². The van der Waals surface area contributed by atoms with Gasteiger partial charge in [0.05, 0.1) is 36.0 Å². The molecule has 0 aliphatic carbocycles. The molecule has 1 aliphatic heterocycles. The molecule has 0 aromatic heterocycles. The maximum Gasteiger partial charge on any atom is 0.270 e. The zero-order valence-electron chi connectivity index (χ0n) is 15.5. The SMILES string of the molecule is Cc1ccc([N+](=O)[O-])cc1S(=O)(=O)N1CC[NH+]([C@@H](C)c2ccccc2)CC1. The van der Waals surface area contributed by atoms with Gasteiger partial charge in [-0.15, -0.1) is 0 Å². The van der Waals surface area contributed by atoms with Crippen molar-refractivity contribution >= 4 is 15.7 Å². The van der Waals surface area contributed by atoms with Gasteiger partial charge in [0.25, 0.3) is 5.69 Å². The Morgan fingerprint density at radius 1 is 1.11 bits per heavy atom. The Kier molecular flexibility index (Phi) is 5.59. The normalized spacial score (nSPS) is 17.6. The highest BCUT2D eigenvalue weighted by Gasteiger charge is 2.34. The number of nitrogens with one attached hydrogen (secondary N) is 1. The fraction of sp³-hybridized carbons (Fsp3) is 0.368. The van der Waals surface area contributed by atoms with E-state index in [9.17, 15) is 18.5 Å². The first-order valence-corrected chi connectivity index (χ1v) is 10.4. The van der Waals surface area contributed by atoms with Gasteiger partial charge in [-0.3, -0.25) is 10.1 Å². The van der Waals surface area contributed by atoms with Crippen LogP contribution in [0, 0.1) is 17.0 Å². The molecule has 27 heavy (non-hydrogen) atoms. The number of quaternary nitrogens is 1. The standard InChI is InChI=1S/C19H23N3O4S/c1-15-8-9-18(22(23)24)14-19(15)27(25,26)21-12-10-20(11-13-21)16(2)17-6-4-3-5-7-17/h3-9,14,16H,10-13H2,1-2H3/p+1/t16-/m0/s1. The molecule has 0 amide bonds. The van der Waals surface area contributed by atoms with Gasteiger partial charge in [-0.1, -0.05) is 36.4 Å². The summed E-state index contributed by atoms with van der Waals surface area (Å²) in [4.78, 5) is 11.8. The van der Waals surface area contributed by atoms with Crippen LogP contribution in [0.2, 0.25) is 0 Å². The van der Waals surface area contributed by atoms with Gasteiger partial charge < -0.3 is 4.90 Å². The molecule has 0 unspecified atom stereocenters. The predicted octanol–water partition coefficient (Wildman–Crippen LogP) is 1.55. The van der Waals surface area contributed by atoms with Gasteiger partial charge in [0, 0.05) is 17.7 Å². The van der Waals surface area contributed by atoms with Crippen LogP contribution in [0.4, 0.5) is 5.69 Å². The Bertz CT molecular complexity index is 923. The maximum atomic E-state index is 13.0. The molecule has 2 aromatic carbocycles. The van der Waals surface area contributed by atoms with Crippen LogP contribution in [-0.2, 0) is 10.0 Å². The quantitative estimate of drug-likeness (QED) is 0.620. The van der Waals surface area contributed by atoms with Gasteiger partial charge in [0.15, 0.2) is 0 Å². The van der Waals surface area contributed by atoms with E-state index >= 15 is 0 Å². The van der Waals surface area contributed by atoms with Gasteiger partial charge in [-0.05, 0) is 19.4 Å². The van der Waals surface area contributed by atoms with Gasteiger partial charge in [0.1, 0.15) is 6.04 Å². The molecule has 8 heteroatoms. The lowest BCUT2D eigenvalue weighted by molar-refractivity contribution is -0.933. The molecule has 2 aromatic rings. The summed E-state index contributed by atoms with van der Waals surface area (Å²) in [6, 6.07) is 14.5. The lowest BCUT2D eigenvalue weighted by Crippen LogP contribution is -3.14. The van der Waals surface area contributed by atoms with Crippen molar-refractivity contribution in [1.82, 2.24) is 4.31 Å². The van der Waals surface area contributed by atoms with Crippen LogP contribution >= 0.6 is 0 Å². The maximum absolute atomic E-state index is 13.0. The molecule has 144 valence electrons. The largest absolute Gasteiger partial charge is 0.327 e. The smallest absolute Gasteiger partial charge is 0.270 e.